The Bertz CT molecular complexity index is 1640. The van der Waals surface area contributed by atoms with Crippen LogP contribution in [0.3, 0.4) is 0 Å². The number of hydrogen-bond donors (Lipinski definition) is 3. The molecule has 0 aliphatic carbocycles. The van der Waals surface area contributed by atoms with Gasteiger partial charge in [-0.2, -0.15) is 13.2 Å². The molecule has 10 nitrogen and oxygen atoms in total. The van der Waals surface area contributed by atoms with E-state index in [0.717, 1.165) is 10.1 Å². The lowest BCUT2D eigenvalue weighted by molar-refractivity contribution is -0.210. The molecule has 0 saturated heterocycles. The Hall–Kier alpha value is -4.43. The third kappa shape index (κ3) is 11.0. The van der Waals surface area contributed by atoms with Gasteiger partial charge in [0.1, 0.15) is 25.4 Å². The monoisotopic (exact) mass is 702 g/mol. The molecular weight excluding hydrogens is 657 g/mol. The summed E-state index contributed by atoms with van der Waals surface area (Å²) in [5.41, 5.74) is 0.631. The molecule has 49 heavy (non-hydrogen) atoms. The van der Waals surface area contributed by atoms with Crippen molar-refractivity contribution in [1.29, 1.82) is 0 Å². The van der Waals surface area contributed by atoms with Crippen LogP contribution in [0, 0.1) is 5.92 Å². The van der Waals surface area contributed by atoms with E-state index in [4.69, 9.17) is 9.16 Å². The molecule has 0 radical (unpaired) electrons. The van der Waals surface area contributed by atoms with Crippen molar-refractivity contribution >= 4 is 31.9 Å². The SMILES string of the molecule is CC(C)C(NC(=O)Cn1c(-c2ccccc2)ccc(NC(=O)CNC(=O)OCc2ccccc2)c1=O)C(O[Si](C)(C)C(C)(C)C)C(F)(F)F. The van der Waals surface area contributed by atoms with E-state index in [2.05, 4.69) is 16.0 Å². The zero-order valence-electron chi connectivity index (χ0n) is 28.8. The Morgan fingerprint density at radius 2 is 1.47 bits per heavy atom. The number of amides is 3. The van der Waals surface area contributed by atoms with Gasteiger partial charge in [0.15, 0.2) is 14.4 Å². The quantitative estimate of drug-likeness (QED) is 0.175. The number of nitrogens with one attached hydrogen (secondary N) is 3. The summed E-state index contributed by atoms with van der Waals surface area (Å²) in [5, 5.41) is 6.71. The van der Waals surface area contributed by atoms with Crippen LogP contribution in [-0.4, -0.2) is 55.7 Å². The lowest BCUT2D eigenvalue weighted by Crippen LogP contribution is -2.59. The normalized spacial score (nSPS) is 13.4. The molecule has 0 aliphatic rings. The summed E-state index contributed by atoms with van der Waals surface area (Å²) in [6, 6.07) is 19.0. The topological polar surface area (TPSA) is 128 Å². The maximum Gasteiger partial charge on any atom is 0.415 e. The number of ether oxygens (including phenoxy) is 1. The van der Waals surface area contributed by atoms with Gasteiger partial charge in [-0.05, 0) is 47.3 Å². The lowest BCUT2D eigenvalue weighted by Gasteiger charge is -2.42. The van der Waals surface area contributed by atoms with E-state index in [1.54, 1.807) is 81.5 Å². The second kappa shape index (κ2) is 16.3. The molecular formula is C35H45F3N4O6Si. The Kier molecular flexibility index (Phi) is 13.0. The minimum Gasteiger partial charge on any atom is -0.445 e. The molecule has 0 spiro atoms. The average molecular weight is 703 g/mol. The van der Waals surface area contributed by atoms with Crippen LogP contribution < -0.4 is 21.5 Å². The summed E-state index contributed by atoms with van der Waals surface area (Å²) in [5.74, 6) is -2.27. The van der Waals surface area contributed by atoms with Crippen LogP contribution in [0.5, 0.6) is 0 Å². The fourth-order valence-electron chi connectivity index (χ4n) is 4.62. The second-order valence-corrected chi connectivity index (χ2v) is 18.3. The van der Waals surface area contributed by atoms with Crippen molar-refractivity contribution < 1.29 is 36.7 Å². The molecule has 3 amide bonds. The number of carbonyl (C=O) groups is 3. The summed E-state index contributed by atoms with van der Waals surface area (Å²) in [6.07, 6.45) is -7.90. The summed E-state index contributed by atoms with van der Waals surface area (Å²) in [6.45, 7) is 10.8. The summed E-state index contributed by atoms with van der Waals surface area (Å²) >= 11 is 0. The first-order chi connectivity index (χ1) is 22.8. The third-order valence-corrected chi connectivity index (χ3v) is 12.8. The minimum atomic E-state index is -4.78. The standard InChI is InChI=1S/C35H45F3N4O6Si/c1-23(2)30(31(35(36,37)38)48-49(6,7)34(3,4)5)41-29(44)21-42-27(25-16-12-9-13-17-25)19-18-26(32(42)45)40-28(43)20-39-33(46)47-22-24-14-10-8-11-15-24/h8-19,23,30-31H,20-22H2,1-7H3,(H,39,46)(H,40,43)(H,41,44). The molecule has 1 heterocycles. The first kappa shape index (κ1) is 39.0. The Balaban J connectivity index is 1.83. The second-order valence-electron chi connectivity index (χ2n) is 13.5. The zero-order valence-corrected chi connectivity index (χ0v) is 29.8. The van der Waals surface area contributed by atoms with Gasteiger partial charge < -0.3 is 25.1 Å². The molecule has 14 heteroatoms. The number of nitrogens with zero attached hydrogens (tertiary/aromatic N) is 1. The van der Waals surface area contributed by atoms with Gasteiger partial charge in [0.25, 0.3) is 5.56 Å². The van der Waals surface area contributed by atoms with Crippen molar-refractivity contribution in [3.8, 4) is 11.3 Å². The minimum absolute atomic E-state index is 0.00813. The molecule has 0 bridgehead atoms. The Morgan fingerprint density at radius 3 is 2.02 bits per heavy atom. The highest BCUT2D eigenvalue weighted by molar-refractivity contribution is 6.74. The number of carbonyl (C=O) groups excluding carboxylic acids is 3. The number of alkyl halides is 3. The Labute approximate surface area is 285 Å². The fraction of sp³-hybridized carbons (Fsp3) is 0.429. The predicted molar refractivity (Wildman–Crippen MR) is 184 cm³/mol. The van der Waals surface area contributed by atoms with Crippen molar-refractivity contribution in [2.45, 2.75) is 84.2 Å². The van der Waals surface area contributed by atoms with Gasteiger partial charge in [-0.3, -0.25) is 19.0 Å². The van der Waals surface area contributed by atoms with Crippen molar-refractivity contribution in [2.24, 2.45) is 5.92 Å². The van der Waals surface area contributed by atoms with Gasteiger partial charge in [0.05, 0.1) is 11.7 Å². The first-order valence-corrected chi connectivity index (χ1v) is 18.8. The number of aromatic nitrogens is 1. The Morgan fingerprint density at radius 1 is 0.878 bits per heavy atom. The molecule has 3 N–H and O–H groups in total. The lowest BCUT2D eigenvalue weighted by atomic mass is 9.98. The van der Waals surface area contributed by atoms with Crippen LogP contribution in [0.25, 0.3) is 11.3 Å². The van der Waals surface area contributed by atoms with Crippen molar-refractivity contribution in [3.63, 3.8) is 0 Å². The van der Waals surface area contributed by atoms with E-state index in [1.807, 2.05) is 26.8 Å². The van der Waals surface area contributed by atoms with Crippen LogP contribution in [0.4, 0.5) is 23.7 Å². The van der Waals surface area contributed by atoms with Crippen LogP contribution in [0.15, 0.2) is 77.6 Å². The third-order valence-electron chi connectivity index (χ3n) is 8.35. The van der Waals surface area contributed by atoms with Gasteiger partial charge in [0, 0.05) is 0 Å². The van der Waals surface area contributed by atoms with Crippen molar-refractivity contribution in [1.82, 2.24) is 15.2 Å². The number of alkyl carbamates (subject to hydrolysis) is 1. The average Bonchev–Trinajstić information content (AvgIpc) is 3.02. The van der Waals surface area contributed by atoms with E-state index < -0.39 is 74.2 Å². The highest BCUT2D eigenvalue weighted by Crippen LogP contribution is 2.41. The van der Waals surface area contributed by atoms with Crippen LogP contribution in [-0.2, 0) is 31.9 Å². The smallest absolute Gasteiger partial charge is 0.415 e. The number of anilines is 1. The predicted octanol–water partition coefficient (Wildman–Crippen LogP) is 6.47. The van der Waals surface area contributed by atoms with Crippen molar-refractivity contribution in [2.75, 3.05) is 11.9 Å². The highest BCUT2D eigenvalue weighted by atomic mass is 28.4. The molecule has 0 aliphatic heterocycles. The maximum atomic E-state index is 14.5. The van der Waals surface area contributed by atoms with Crippen LogP contribution in [0.1, 0.15) is 40.2 Å². The van der Waals surface area contributed by atoms with E-state index >= 15 is 0 Å². The number of rotatable bonds is 13. The summed E-state index contributed by atoms with van der Waals surface area (Å²) in [4.78, 5) is 52.0. The summed E-state index contributed by atoms with van der Waals surface area (Å²) < 4.78 is 55.5. The van der Waals surface area contributed by atoms with E-state index in [9.17, 15) is 32.3 Å². The molecule has 2 unspecified atom stereocenters. The summed E-state index contributed by atoms with van der Waals surface area (Å²) in [7, 11) is -2.93. The van der Waals surface area contributed by atoms with Gasteiger partial charge in [0.2, 0.25) is 11.8 Å². The van der Waals surface area contributed by atoms with E-state index in [1.165, 1.54) is 12.1 Å². The van der Waals surface area contributed by atoms with Gasteiger partial charge >= 0.3 is 12.3 Å². The molecule has 3 rings (SSSR count). The number of hydrogen-bond acceptors (Lipinski definition) is 6. The molecule has 3 aromatic rings. The molecule has 1 aromatic heterocycles. The fourth-order valence-corrected chi connectivity index (χ4v) is 5.89. The maximum absolute atomic E-state index is 14.5. The molecule has 0 saturated carbocycles. The van der Waals surface area contributed by atoms with E-state index in [-0.39, 0.29) is 12.3 Å². The van der Waals surface area contributed by atoms with Gasteiger partial charge in [-0.15, -0.1) is 0 Å². The molecule has 2 aromatic carbocycles. The zero-order chi connectivity index (χ0) is 36.6. The number of benzene rings is 2. The molecule has 266 valence electrons. The van der Waals surface area contributed by atoms with Crippen LogP contribution >= 0.6 is 0 Å². The van der Waals surface area contributed by atoms with E-state index in [0.29, 0.717) is 11.3 Å². The largest absolute Gasteiger partial charge is 0.445 e. The highest BCUT2D eigenvalue weighted by Gasteiger charge is 2.52. The van der Waals surface area contributed by atoms with Crippen LogP contribution in [0.2, 0.25) is 18.1 Å². The van der Waals surface area contributed by atoms with Crippen molar-refractivity contribution in [3.05, 3.63) is 88.7 Å². The number of pyridine rings is 1. The van der Waals surface area contributed by atoms with Gasteiger partial charge in [-0.25, -0.2) is 4.79 Å². The number of halogens is 3. The van der Waals surface area contributed by atoms with Gasteiger partial charge in [-0.1, -0.05) is 95.3 Å². The molecule has 2 atom stereocenters. The molecule has 0 fully saturated rings. The first-order valence-electron chi connectivity index (χ1n) is 15.9.